The van der Waals surface area contributed by atoms with Crippen LogP contribution in [0, 0.1) is 0 Å². The van der Waals surface area contributed by atoms with E-state index in [1.165, 1.54) is 24.0 Å². The van der Waals surface area contributed by atoms with Crippen molar-refractivity contribution in [2.24, 2.45) is 7.05 Å². The SMILES string of the molecule is CCOC(=O)c1cnn2c(-c3cccc(NC(=O)c4c(Cl)c(C(F)(F)F)nn4C)c3)ccnc12. The average Bonchev–Trinajstić information content (AvgIpc) is 3.34. The van der Waals surface area contributed by atoms with Crippen LogP contribution in [0.5, 0.6) is 0 Å². The van der Waals surface area contributed by atoms with Gasteiger partial charge in [0.2, 0.25) is 0 Å². The number of halogens is 4. The Morgan fingerprint density at radius 2 is 2.00 bits per heavy atom. The van der Waals surface area contributed by atoms with Crippen molar-refractivity contribution in [3.05, 3.63) is 64.7 Å². The molecule has 1 N–H and O–H groups in total. The number of rotatable bonds is 5. The van der Waals surface area contributed by atoms with Gasteiger partial charge in [0, 0.05) is 24.5 Å². The molecule has 0 fully saturated rings. The molecule has 9 nitrogen and oxygen atoms in total. The number of fused-ring (bicyclic) bond motifs is 1. The van der Waals surface area contributed by atoms with Crippen LogP contribution in [0.25, 0.3) is 16.9 Å². The van der Waals surface area contributed by atoms with E-state index in [2.05, 4.69) is 20.5 Å². The third kappa shape index (κ3) is 4.19. The Bertz CT molecular complexity index is 1410. The molecule has 0 spiro atoms. The van der Waals surface area contributed by atoms with Crippen LogP contribution in [-0.2, 0) is 18.0 Å². The van der Waals surface area contributed by atoms with Crippen molar-refractivity contribution in [3.63, 3.8) is 0 Å². The van der Waals surface area contributed by atoms with Crippen LogP contribution >= 0.6 is 11.6 Å². The fourth-order valence-electron chi connectivity index (χ4n) is 3.34. The van der Waals surface area contributed by atoms with Gasteiger partial charge in [-0.15, -0.1) is 0 Å². The number of hydrogen-bond donors (Lipinski definition) is 1. The van der Waals surface area contributed by atoms with Gasteiger partial charge in [0.05, 0.1) is 18.5 Å². The molecule has 4 aromatic rings. The summed E-state index contributed by atoms with van der Waals surface area (Å²) < 4.78 is 46.4. The number of carbonyl (C=O) groups is 2. The number of alkyl halides is 3. The van der Waals surface area contributed by atoms with Crippen LogP contribution in [-0.4, -0.2) is 42.9 Å². The van der Waals surface area contributed by atoms with Gasteiger partial charge in [0.25, 0.3) is 5.91 Å². The van der Waals surface area contributed by atoms with E-state index < -0.39 is 34.5 Å². The zero-order valence-electron chi connectivity index (χ0n) is 17.7. The number of benzene rings is 1. The topological polar surface area (TPSA) is 103 Å². The van der Waals surface area contributed by atoms with Gasteiger partial charge in [-0.25, -0.2) is 14.3 Å². The highest BCUT2D eigenvalue weighted by molar-refractivity contribution is 6.34. The third-order valence-electron chi connectivity index (χ3n) is 4.79. The Kier molecular flexibility index (Phi) is 6.00. The lowest BCUT2D eigenvalue weighted by atomic mass is 10.1. The first kappa shape index (κ1) is 23.2. The van der Waals surface area contributed by atoms with Crippen molar-refractivity contribution in [3.8, 4) is 11.3 Å². The molecule has 0 unspecified atom stereocenters. The number of hydrogen-bond acceptors (Lipinski definition) is 6. The summed E-state index contributed by atoms with van der Waals surface area (Å²) in [4.78, 5) is 29.0. The zero-order chi connectivity index (χ0) is 24.6. The first-order valence-corrected chi connectivity index (χ1v) is 10.2. The number of amides is 1. The van der Waals surface area contributed by atoms with E-state index in [-0.39, 0.29) is 23.5 Å². The molecule has 34 heavy (non-hydrogen) atoms. The minimum Gasteiger partial charge on any atom is -0.462 e. The van der Waals surface area contributed by atoms with Crippen molar-refractivity contribution in [1.82, 2.24) is 24.4 Å². The van der Waals surface area contributed by atoms with Crippen LogP contribution in [0.15, 0.2) is 42.7 Å². The second-order valence-corrected chi connectivity index (χ2v) is 7.39. The van der Waals surface area contributed by atoms with Crippen molar-refractivity contribution >= 4 is 34.8 Å². The van der Waals surface area contributed by atoms with E-state index in [1.807, 2.05) is 0 Å². The van der Waals surface area contributed by atoms with Crippen molar-refractivity contribution in [2.75, 3.05) is 11.9 Å². The number of ether oxygens (including phenoxy) is 1. The number of nitrogens with one attached hydrogen (secondary N) is 1. The fourth-order valence-corrected chi connectivity index (χ4v) is 3.69. The zero-order valence-corrected chi connectivity index (χ0v) is 18.5. The summed E-state index contributed by atoms with van der Waals surface area (Å²) in [6.07, 6.45) is -1.96. The van der Waals surface area contributed by atoms with Gasteiger partial charge in [-0.2, -0.15) is 23.4 Å². The van der Waals surface area contributed by atoms with Crippen LogP contribution in [0.1, 0.15) is 33.5 Å². The molecule has 3 heterocycles. The fraction of sp³-hybridized carbons (Fsp3) is 0.190. The highest BCUT2D eigenvalue weighted by atomic mass is 35.5. The molecule has 1 aromatic carbocycles. The number of esters is 1. The lowest BCUT2D eigenvalue weighted by molar-refractivity contribution is -0.141. The molecule has 0 saturated heterocycles. The molecule has 0 radical (unpaired) electrons. The van der Waals surface area contributed by atoms with Gasteiger partial charge in [-0.3, -0.25) is 9.48 Å². The Balaban J connectivity index is 1.67. The molecular weight excluding hydrogens is 477 g/mol. The van der Waals surface area contributed by atoms with E-state index in [9.17, 15) is 22.8 Å². The minimum atomic E-state index is -4.80. The molecule has 13 heteroatoms. The van der Waals surface area contributed by atoms with Gasteiger partial charge < -0.3 is 10.1 Å². The van der Waals surface area contributed by atoms with Crippen LogP contribution in [0.3, 0.4) is 0 Å². The summed E-state index contributed by atoms with van der Waals surface area (Å²) in [7, 11) is 1.19. The molecule has 0 atom stereocenters. The molecule has 176 valence electrons. The first-order valence-electron chi connectivity index (χ1n) is 9.83. The second kappa shape index (κ2) is 8.78. The molecule has 0 saturated carbocycles. The normalized spacial score (nSPS) is 11.6. The summed E-state index contributed by atoms with van der Waals surface area (Å²) in [6, 6.07) is 8.17. The lowest BCUT2D eigenvalue weighted by Gasteiger charge is -2.09. The molecule has 4 rings (SSSR count). The summed E-state index contributed by atoms with van der Waals surface area (Å²) >= 11 is 5.80. The summed E-state index contributed by atoms with van der Waals surface area (Å²) in [5, 5.41) is 9.27. The van der Waals surface area contributed by atoms with Gasteiger partial charge >= 0.3 is 12.1 Å². The predicted molar refractivity (Wildman–Crippen MR) is 116 cm³/mol. The van der Waals surface area contributed by atoms with E-state index in [0.29, 0.717) is 11.3 Å². The van der Waals surface area contributed by atoms with Crippen molar-refractivity contribution in [2.45, 2.75) is 13.1 Å². The van der Waals surface area contributed by atoms with Gasteiger partial charge in [-0.1, -0.05) is 23.7 Å². The predicted octanol–water partition coefficient (Wildman–Crippen LogP) is 4.23. The number of anilines is 1. The molecule has 0 bridgehead atoms. The Morgan fingerprint density at radius 3 is 2.68 bits per heavy atom. The average molecular weight is 493 g/mol. The standard InChI is InChI=1S/C21H16ClF3N6O3/c1-3-34-20(33)13-10-27-31-14(7-8-26-18(13)31)11-5-4-6-12(9-11)28-19(32)16-15(22)17(21(23,24)25)29-30(16)2/h4-10H,3H2,1-2H3,(H,28,32). The quantitative estimate of drug-likeness (QED) is 0.418. The third-order valence-corrected chi connectivity index (χ3v) is 5.14. The van der Waals surface area contributed by atoms with E-state index in [1.54, 1.807) is 37.3 Å². The molecule has 0 aliphatic carbocycles. The Labute approximate surface area is 195 Å². The summed E-state index contributed by atoms with van der Waals surface area (Å²) in [5.74, 6) is -1.43. The smallest absolute Gasteiger partial charge is 0.436 e. The van der Waals surface area contributed by atoms with Crippen LogP contribution < -0.4 is 5.32 Å². The molecule has 1 amide bonds. The number of aromatic nitrogens is 5. The molecular formula is C21H16ClF3N6O3. The van der Waals surface area contributed by atoms with Crippen molar-refractivity contribution < 1.29 is 27.5 Å². The largest absolute Gasteiger partial charge is 0.462 e. The highest BCUT2D eigenvalue weighted by Crippen LogP contribution is 2.35. The molecule has 0 aliphatic heterocycles. The van der Waals surface area contributed by atoms with Gasteiger partial charge in [0.15, 0.2) is 11.3 Å². The summed E-state index contributed by atoms with van der Waals surface area (Å²) in [5.41, 5.74) is 0.135. The molecule has 3 aromatic heterocycles. The summed E-state index contributed by atoms with van der Waals surface area (Å²) in [6.45, 7) is 1.88. The maximum atomic E-state index is 13.1. The number of aryl methyl sites for hydroxylation is 1. The maximum absolute atomic E-state index is 13.1. The van der Waals surface area contributed by atoms with E-state index in [0.717, 1.165) is 4.68 Å². The number of carbonyl (C=O) groups excluding carboxylic acids is 2. The van der Waals surface area contributed by atoms with Crippen LogP contribution in [0.2, 0.25) is 5.02 Å². The first-order chi connectivity index (χ1) is 16.1. The Hall–Kier alpha value is -3.93. The van der Waals surface area contributed by atoms with E-state index in [4.69, 9.17) is 16.3 Å². The van der Waals surface area contributed by atoms with Gasteiger partial charge in [-0.05, 0) is 25.1 Å². The van der Waals surface area contributed by atoms with Crippen LogP contribution in [0.4, 0.5) is 18.9 Å². The van der Waals surface area contributed by atoms with Crippen molar-refractivity contribution in [1.29, 1.82) is 0 Å². The van der Waals surface area contributed by atoms with E-state index >= 15 is 0 Å². The maximum Gasteiger partial charge on any atom is 0.436 e. The monoisotopic (exact) mass is 492 g/mol. The second-order valence-electron chi connectivity index (χ2n) is 7.01. The van der Waals surface area contributed by atoms with Gasteiger partial charge in [0.1, 0.15) is 16.3 Å². The Morgan fingerprint density at radius 1 is 1.24 bits per heavy atom. The highest BCUT2D eigenvalue weighted by Gasteiger charge is 2.39. The minimum absolute atomic E-state index is 0.194. The molecule has 0 aliphatic rings. The number of nitrogens with zero attached hydrogens (tertiary/aromatic N) is 5. The lowest BCUT2D eigenvalue weighted by Crippen LogP contribution is -2.16.